The van der Waals surface area contributed by atoms with E-state index in [4.69, 9.17) is 14.7 Å². The topological polar surface area (TPSA) is 138 Å². The lowest BCUT2D eigenvalue weighted by Gasteiger charge is -2.29. The molecule has 0 radical (unpaired) electrons. The fraction of sp³-hybridized carbons (Fsp3) is 0.415. The van der Waals surface area contributed by atoms with E-state index in [1.54, 1.807) is 23.1 Å². The number of H-pyrrole nitrogens is 1. The molecular weight excluding hydrogens is 669 g/mol. The van der Waals surface area contributed by atoms with E-state index in [9.17, 15) is 14.4 Å². The number of benzene rings is 2. The van der Waals surface area contributed by atoms with Gasteiger partial charge in [-0.15, -0.1) is 0 Å². The molecule has 0 bridgehead atoms. The highest BCUT2D eigenvalue weighted by molar-refractivity contribution is 6.03. The number of allylic oxidation sites excluding steroid dienone is 1. The Hall–Kier alpha value is -5.52. The summed E-state index contributed by atoms with van der Waals surface area (Å²) in [5.74, 6) is 1.19. The second-order valence-electron chi connectivity index (χ2n) is 14.6. The van der Waals surface area contributed by atoms with Gasteiger partial charge in [0.15, 0.2) is 0 Å². The molecule has 53 heavy (non-hydrogen) atoms. The average Bonchev–Trinajstić information content (AvgIpc) is 4.03. The van der Waals surface area contributed by atoms with Gasteiger partial charge in [0.1, 0.15) is 11.9 Å². The van der Waals surface area contributed by atoms with Gasteiger partial charge in [-0.1, -0.05) is 69.3 Å². The fourth-order valence-corrected chi connectivity index (χ4v) is 7.62. The third-order valence-electron chi connectivity index (χ3n) is 11.0. The minimum absolute atomic E-state index is 0.00730. The summed E-state index contributed by atoms with van der Waals surface area (Å²) in [4.78, 5) is 55.9. The van der Waals surface area contributed by atoms with Crippen molar-refractivity contribution in [1.82, 2.24) is 34.9 Å². The van der Waals surface area contributed by atoms with Gasteiger partial charge in [-0.3, -0.25) is 19.3 Å². The molecule has 12 heteroatoms. The van der Waals surface area contributed by atoms with Gasteiger partial charge in [0.25, 0.3) is 0 Å². The van der Waals surface area contributed by atoms with Crippen LogP contribution in [0.4, 0.5) is 4.79 Å². The molecule has 4 aromatic rings. The van der Waals surface area contributed by atoms with Crippen LogP contribution in [0.3, 0.4) is 0 Å². The molecule has 4 atom stereocenters. The van der Waals surface area contributed by atoms with Crippen LogP contribution in [0.5, 0.6) is 0 Å². The van der Waals surface area contributed by atoms with E-state index < -0.39 is 12.1 Å². The van der Waals surface area contributed by atoms with Gasteiger partial charge in [-0.25, -0.2) is 9.78 Å². The number of rotatable bonds is 11. The summed E-state index contributed by atoms with van der Waals surface area (Å²) < 4.78 is 6.43. The van der Waals surface area contributed by atoms with E-state index in [1.807, 2.05) is 29.1 Å². The Morgan fingerprint density at radius 3 is 2.17 bits per heavy atom. The number of carbonyl (C=O) groups is 3. The number of ether oxygens (including phenoxy) is 1. The zero-order valence-electron chi connectivity index (χ0n) is 30.9. The van der Waals surface area contributed by atoms with Crippen LogP contribution in [-0.4, -0.2) is 85.5 Å². The molecule has 2 aromatic carbocycles. The summed E-state index contributed by atoms with van der Waals surface area (Å²) in [6.07, 6.45) is 10.8. The van der Waals surface area contributed by atoms with E-state index >= 15 is 0 Å². The number of carbonyl (C=O) groups excluding carboxylic acids is 3. The minimum Gasteiger partial charge on any atom is -0.453 e. The standard InChI is InChI=1S/C41H48N8O4/c1-26(2)27(3)39(50)49-21-6-9-37(49)38-43-24-34(45-38)31-16-14-29(15-17-31)28-10-12-30(13-11-28)32-22-33(42-23-32)36-8-5-20-48(36)40(51)35(46-41(52)53-4)25-47-19-7-18-44-47/h7,10-19,23-24,26-27,35-37H,5-6,8-9,20-22,25H2,1-4H3,(H,43,45)(H,46,52)/t27-,35-,36-,37-/m0/s1. The van der Waals surface area contributed by atoms with Gasteiger partial charge in [0, 0.05) is 49.7 Å². The summed E-state index contributed by atoms with van der Waals surface area (Å²) in [7, 11) is 1.29. The van der Waals surface area contributed by atoms with Crippen molar-refractivity contribution in [2.75, 3.05) is 20.2 Å². The fourth-order valence-electron chi connectivity index (χ4n) is 7.62. The molecule has 0 unspecified atom stereocenters. The van der Waals surface area contributed by atoms with E-state index in [2.05, 4.69) is 77.8 Å². The molecule has 3 aliphatic heterocycles. The first-order valence-electron chi connectivity index (χ1n) is 18.6. The van der Waals surface area contributed by atoms with Crippen LogP contribution >= 0.6 is 0 Å². The Labute approximate surface area is 310 Å². The molecule has 12 nitrogen and oxygen atoms in total. The van der Waals surface area contributed by atoms with Crippen LogP contribution in [-0.2, 0) is 20.9 Å². The third-order valence-corrected chi connectivity index (χ3v) is 11.0. The zero-order chi connectivity index (χ0) is 37.1. The molecule has 0 spiro atoms. The van der Waals surface area contributed by atoms with Crippen molar-refractivity contribution in [2.24, 2.45) is 16.8 Å². The molecule has 0 saturated carbocycles. The molecule has 5 heterocycles. The number of imidazole rings is 1. The summed E-state index contributed by atoms with van der Waals surface area (Å²) in [5.41, 5.74) is 7.37. The van der Waals surface area contributed by atoms with Gasteiger partial charge in [-0.05, 0) is 65.5 Å². The van der Waals surface area contributed by atoms with Crippen molar-refractivity contribution < 1.29 is 19.1 Å². The Bertz CT molecular complexity index is 1980. The van der Waals surface area contributed by atoms with Crippen LogP contribution in [0, 0.1) is 11.8 Å². The first kappa shape index (κ1) is 35.9. The summed E-state index contributed by atoms with van der Waals surface area (Å²) in [6, 6.07) is 17.8. The lowest BCUT2D eigenvalue weighted by Crippen LogP contribution is -2.53. The summed E-state index contributed by atoms with van der Waals surface area (Å²) in [6.45, 7) is 7.81. The predicted molar refractivity (Wildman–Crippen MR) is 203 cm³/mol. The van der Waals surface area contributed by atoms with Crippen LogP contribution in [0.2, 0.25) is 0 Å². The number of methoxy groups -OCH3 is 1. The molecular formula is C41H48N8O4. The van der Waals surface area contributed by atoms with Crippen molar-refractivity contribution in [2.45, 2.75) is 77.5 Å². The zero-order valence-corrected chi connectivity index (χ0v) is 30.9. The monoisotopic (exact) mass is 716 g/mol. The number of hydrogen-bond acceptors (Lipinski definition) is 7. The third kappa shape index (κ3) is 7.67. The number of nitrogens with zero attached hydrogens (tertiary/aromatic N) is 6. The van der Waals surface area contributed by atoms with Crippen molar-refractivity contribution in [3.8, 4) is 22.4 Å². The van der Waals surface area contributed by atoms with Gasteiger partial charge >= 0.3 is 6.09 Å². The Balaban J connectivity index is 0.971. The molecule has 0 aliphatic carbocycles. The lowest BCUT2D eigenvalue weighted by molar-refractivity contribution is -0.137. The van der Waals surface area contributed by atoms with Crippen LogP contribution < -0.4 is 5.32 Å². The van der Waals surface area contributed by atoms with Crippen molar-refractivity contribution in [3.63, 3.8) is 0 Å². The van der Waals surface area contributed by atoms with E-state index in [0.29, 0.717) is 18.9 Å². The highest BCUT2D eigenvalue weighted by Gasteiger charge is 2.38. The smallest absolute Gasteiger partial charge is 0.407 e. The largest absolute Gasteiger partial charge is 0.453 e. The van der Waals surface area contributed by atoms with Crippen LogP contribution in [0.15, 0.2) is 84.4 Å². The molecule has 276 valence electrons. The molecule has 3 aliphatic rings. The number of aliphatic imine (C=N–C) groups is 1. The number of aromatic amines is 1. The molecule has 3 amide bonds. The van der Waals surface area contributed by atoms with Gasteiger partial charge in [0.05, 0.1) is 37.6 Å². The summed E-state index contributed by atoms with van der Waals surface area (Å²) in [5, 5.41) is 6.91. The van der Waals surface area contributed by atoms with E-state index in [-0.39, 0.29) is 36.4 Å². The number of amides is 3. The lowest BCUT2D eigenvalue weighted by atomic mass is 9.96. The highest BCUT2D eigenvalue weighted by atomic mass is 16.5. The average molecular weight is 717 g/mol. The van der Waals surface area contributed by atoms with E-state index in [1.165, 1.54) is 7.11 Å². The highest BCUT2D eigenvalue weighted by Crippen LogP contribution is 2.35. The quantitative estimate of drug-likeness (QED) is 0.182. The van der Waals surface area contributed by atoms with Crippen LogP contribution in [0.1, 0.15) is 70.3 Å². The molecule has 2 fully saturated rings. The maximum absolute atomic E-state index is 13.8. The Kier molecular flexibility index (Phi) is 10.6. The molecule has 7 rings (SSSR count). The number of nitrogens with one attached hydrogen (secondary N) is 2. The second-order valence-corrected chi connectivity index (χ2v) is 14.6. The number of hydrogen-bond donors (Lipinski definition) is 2. The van der Waals surface area contributed by atoms with Gasteiger partial charge in [-0.2, -0.15) is 5.10 Å². The maximum atomic E-state index is 13.8. The van der Waals surface area contributed by atoms with Crippen molar-refractivity contribution in [3.05, 3.63) is 90.8 Å². The molecule has 2 saturated heterocycles. The number of aromatic nitrogens is 4. The minimum atomic E-state index is -0.811. The van der Waals surface area contributed by atoms with Crippen molar-refractivity contribution >= 4 is 29.2 Å². The predicted octanol–water partition coefficient (Wildman–Crippen LogP) is 6.50. The second kappa shape index (κ2) is 15.6. The Morgan fingerprint density at radius 2 is 1.53 bits per heavy atom. The van der Waals surface area contributed by atoms with Crippen LogP contribution in [0.25, 0.3) is 28.0 Å². The Morgan fingerprint density at radius 1 is 0.887 bits per heavy atom. The number of likely N-dealkylation sites (tertiary alicyclic amines) is 2. The molecule has 2 aromatic heterocycles. The number of alkyl carbamates (subject to hydrolysis) is 1. The molecule has 2 N–H and O–H groups in total. The van der Waals surface area contributed by atoms with Gasteiger partial charge in [0.2, 0.25) is 11.8 Å². The SMILES string of the molecule is COC(=O)N[C@@H](Cn1cccn1)C(=O)N1CCC[C@H]1C1=NC=C(c2ccc(-c3ccc(-c4cnc([C@@H]5CCCN5C(=O)[C@@H](C)C(C)C)[nH]4)cc3)cc2)C1. The summed E-state index contributed by atoms with van der Waals surface area (Å²) >= 11 is 0. The first-order valence-corrected chi connectivity index (χ1v) is 18.6. The normalized spacial score (nSPS) is 19.6. The van der Waals surface area contributed by atoms with Gasteiger partial charge < -0.3 is 24.8 Å². The van der Waals surface area contributed by atoms with E-state index in [0.717, 1.165) is 77.3 Å². The van der Waals surface area contributed by atoms with Crippen molar-refractivity contribution in [1.29, 1.82) is 0 Å². The maximum Gasteiger partial charge on any atom is 0.407 e. The first-order chi connectivity index (χ1) is 25.7.